The van der Waals surface area contributed by atoms with Crippen molar-refractivity contribution in [3.05, 3.63) is 68.6 Å². The SMILES string of the molecule is O=C(N/N=C/C1=C(N2CCOCC2)C(=C/c2ccc(Cl)cc2Cl)/CC1)c1ccn[nH]1. The molecule has 2 N–H and O–H groups in total. The number of carbonyl (C=O) groups is 1. The minimum atomic E-state index is -0.334. The number of amides is 1. The van der Waals surface area contributed by atoms with Crippen molar-refractivity contribution in [3.63, 3.8) is 0 Å². The highest BCUT2D eigenvalue weighted by Crippen LogP contribution is 2.36. The number of aromatic amines is 1. The van der Waals surface area contributed by atoms with Crippen LogP contribution in [-0.2, 0) is 4.74 Å². The van der Waals surface area contributed by atoms with Crippen molar-refractivity contribution in [1.29, 1.82) is 0 Å². The Labute approximate surface area is 184 Å². The maximum absolute atomic E-state index is 12.1. The number of morpholine rings is 1. The molecule has 2 heterocycles. The van der Waals surface area contributed by atoms with E-state index in [4.69, 9.17) is 27.9 Å². The molecule has 7 nitrogen and oxygen atoms in total. The van der Waals surface area contributed by atoms with Gasteiger partial charge in [-0.3, -0.25) is 9.89 Å². The van der Waals surface area contributed by atoms with E-state index in [2.05, 4.69) is 31.7 Å². The van der Waals surface area contributed by atoms with Gasteiger partial charge in [-0.1, -0.05) is 29.3 Å². The molecular weight excluding hydrogens is 425 g/mol. The lowest BCUT2D eigenvalue weighted by atomic mass is 10.1. The molecule has 0 spiro atoms. The van der Waals surface area contributed by atoms with E-state index < -0.39 is 0 Å². The van der Waals surface area contributed by atoms with E-state index >= 15 is 0 Å². The standard InChI is InChI=1S/C21H21Cl2N5O2/c22-17-4-3-14(18(23)12-17)11-15-1-2-16(20(15)28-7-9-30-10-8-28)13-25-27-21(29)19-5-6-24-26-19/h3-6,11-13H,1-2,7-10H2,(H,24,26)(H,27,29)/b15-11+,25-13+. The van der Waals surface area contributed by atoms with Crippen LogP contribution in [0.25, 0.3) is 6.08 Å². The fourth-order valence-electron chi connectivity index (χ4n) is 3.59. The van der Waals surface area contributed by atoms with Gasteiger partial charge >= 0.3 is 0 Å². The van der Waals surface area contributed by atoms with Crippen LogP contribution in [-0.4, -0.2) is 53.5 Å². The Morgan fingerprint density at radius 3 is 2.80 bits per heavy atom. The third-order valence-electron chi connectivity index (χ3n) is 5.02. The predicted octanol–water partition coefficient (Wildman–Crippen LogP) is 3.90. The van der Waals surface area contributed by atoms with Gasteiger partial charge in [0, 0.05) is 35.0 Å². The molecule has 1 aliphatic carbocycles. The number of benzene rings is 1. The van der Waals surface area contributed by atoms with Crippen molar-refractivity contribution >= 4 is 41.4 Å². The third-order valence-corrected chi connectivity index (χ3v) is 5.59. The van der Waals surface area contributed by atoms with Crippen molar-refractivity contribution in [3.8, 4) is 0 Å². The summed E-state index contributed by atoms with van der Waals surface area (Å²) in [5, 5.41) is 11.8. The maximum atomic E-state index is 12.1. The number of hydrogen-bond acceptors (Lipinski definition) is 5. The van der Waals surface area contributed by atoms with Crippen LogP contribution in [0.4, 0.5) is 0 Å². The van der Waals surface area contributed by atoms with E-state index in [0.717, 1.165) is 42.8 Å². The number of allylic oxidation sites excluding steroid dienone is 2. The van der Waals surface area contributed by atoms with Crippen molar-refractivity contribution in [1.82, 2.24) is 20.5 Å². The Morgan fingerprint density at radius 2 is 2.07 bits per heavy atom. The maximum Gasteiger partial charge on any atom is 0.289 e. The molecule has 156 valence electrons. The zero-order valence-corrected chi connectivity index (χ0v) is 17.7. The normalized spacial score (nSPS) is 18.6. The summed E-state index contributed by atoms with van der Waals surface area (Å²) in [4.78, 5) is 14.4. The number of nitrogens with zero attached hydrogens (tertiary/aromatic N) is 3. The molecule has 0 bridgehead atoms. The lowest BCUT2D eigenvalue weighted by Gasteiger charge is -2.31. The third kappa shape index (κ3) is 4.75. The second-order valence-electron chi connectivity index (χ2n) is 6.98. The molecule has 1 amide bonds. The molecule has 4 rings (SSSR count). The van der Waals surface area contributed by atoms with E-state index in [1.54, 1.807) is 18.3 Å². The summed E-state index contributed by atoms with van der Waals surface area (Å²) in [6.07, 6.45) is 7.04. The summed E-state index contributed by atoms with van der Waals surface area (Å²) in [6, 6.07) is 7.09. The first-order valence-electron chi connectivity index (χ1n) is 9.66. The molecule has 2 aliphatic rings. The van der Waals surface area contributed by atoms with Gasteiger partial charge in [0.1, 0.15) is 5.69 Å². The van der Waals surface area contributed by atoms with Crippen molar-refractivity contribution in [2.24, 2.45) is 5.10 Å². The minimum absolute atomic E-state index is 0.334. The highest BCUT2D eigenvalue weighted by Gasteiger charge is 2.25. The van der Waals surface area contributed by atoms with Crippen LogP contribution >= 0.6 is 23.2 Å². The average Bonchev–Trinajstić information content (AvgIpc) is 3.41. The summed E-state index contributed by atoms with van der Waals surface area (Å²) in [6.45, 7) is 2.97. The summed E-state index contributed by atoms with van der Waals surface area (Å²) in [7, 11) is 0. The highest BCUT2D eigenvalue weighted by atomic mass is 35.5. The Hall–Kier alpha value is -2.61. The van der Waals surface area contributed by atoms with Gasteiger partial charge < -0.3 is 9.64 Å². The van der Waals surface area contributed by atoms with E-state index in [1.807, 2.05) is 12.1 Å². The highest BCUT2D eigenvalue weighted by molar-refractivity contribution is 6.35. The molecule has 1 aliphatic heterocycles. The zero-order valence-electron chi connectivity index (χ0n) is 16.2. The Kier molecular flexibility index (Phi) is 6.52. The Balaban J connectivity index is 1.60. The fraction of sp³-hybridized carbons (Fsp3) is 0.286. The van der Waals surface area contributed by atoms with Crippen LogP contribution in [0.3, 0.4) is 0 Å². The monoisotopic (exact) mass is 445 g/mol. The number of ether oxygens (including phenoxy) is 1. The van der Waals surface area contributed by atoms with E-state index in [9.17, 15) is 4.79 Å². The first-order chi connectivity index (χ1) is 14.6. The van der Waals surface area contributed by atoms with Gasteiger partial charge in [0.2, 0.25) is 0 Å². The van der Waals surface area contributed by atoms with E-state index in [-0.39, 0.29) is 5.91 Å². The van der Waals surface area contributed by atoms with Gasteiger partial charge in [-0.2, -0.15) is 10.2 Å². The molecule has 30 heavy (non-hydrogen) atoms. The summed E-state index contributed by atoms with van der Waals surface area (Å²) in [5.74, 6) is -0.334. The second kappa shape index (κ2) is 9.47. The molecule has 2 aromatic rings. The lowest BCUT2D eigenvalue weighted by molar-refractivity contribution is 0.0548. The molecule has 0 atom stereocenters. The number of halogens is 2. The number of rotatable bonds is 5. The van der Waals surface area contributed by atoms with Crippen LogP contribution in [0.2, 0.25) is 10.0 Å². The molecule has 1 saturated heterocycles. The summed E-state index contributed by atoms with van der Waals surface area (Å²) >= 11 is 12.4. The molecule has 9 heteroatoms. The smallest absolute Gasteiger partial charge is 0.289 e. The number of hydrazone groups is 1. The number of hydrogen-bond donors (Lipinski definition) is 2. The molecule has 1 aromatic carbocycles. The first kappa shape index (κ1) is 20.7. The van der Waals surface area contributed by atoms with Crippen LogP contribution < -0.4 is 5.43 Å². The molecule has 1 aromatic heterocycles. The Morgan fingerprint density at radius 1 is 1.23 bits per heavy atom. The number of aromatic nitrogens is 2. The lowest BCUT2D eigenvalue weighted by Crippen LogP contribution is -2.36. The minimum Gasteiger partial charge on any atom is -0.378 e. The molecule has 0 radical (unpaired) electrons. The van der Waals surface area contributed by atoms with Crippen LogP contribution in [0.5, 0.6) is 0 Å². The van der Waals surface area contributed by atoms with Gasteiger partial charge in [-0.05, 0) is 53.8 Å². The number of H-pyrrole nitrogens is 1. The predicted molar refractivity (Wildman–Crippen MR) is 118 cm³/mol. The Bertz CT molecular complexity index is 1010. The average molecular weight is 446 g/mol. The van der Waals surface area contributed by atoms with Gasteiger partial charge in [-0.15, -0.1) is 0 Å². The van der Waals surface area contributed by atoms with Gasteiger partial charge in [0.15, 0.2) is 0 Å². The zero-order chi connectivity index (χ0) is 20.9. The van der Waals surface area contributed by atoms with Crippen molar-refractivity contribution < 1.29 is 9.53 Å². The molecular formula is C21H21Cl2N5O2. The van der Waals surface area contributed by atoms with Crippen molar-refractivity contribution in [2.75, 3.05) is 26.3 Å². The van der Waals surface area contributed by atoms with Crippen molar-refractivity contribution in [2.45, 2.75) is 12.8 Å². The van der Waals surface area contributed by atoms with Crippen LogP contribution in [0, 0.1) is 0 Å². The summed E-state index contributed by atoms with van der Waals surface area (Å²) < 4.78 is 5.51. The summed E-state index contributed by atoms with van der Waals surface area (Å²) in [5.41, 5.74) is 7.20. The van der Waals surface area contributed by atoms with Gasteiger partial charge in [0.05, 0.1) is 19.4 Å². The number of nitrogens with one attached hydrogen (secondary N) is 2. The number of carbonyl (C=O) groups excluding carboxylic acids is 1. The van der Waals surface area contributed by atoms with Gasteiger partial charge in [0.25, 0.3) is 5.91 Å². The topological polar surface area (TPSA) is 82.6 Å². The van der Waals surface area contributed by atoms with Crippen LogP contribution in [0.15, 0.2) is 52.4 Å². The van der Waals surface area contributed by atoms with Gasteiger partial charge in [-0.25, -0.2) is 5.43 Å². The quantitative estimate of drug-likeness (QED) is 0.539. The largest absolute Gasteiger partial charge is 0.378 e. The molecule has 0 unspecified atom stereocenters. The molecule has 0 saturated carbocycles. The fourth-order valence-corrected chi connectivity index (χ4v) is 4.05. The van der Waals surface area contributed by atoms with E-state index in [1.165, 1.54) is 11.8 Å². The van der Waals surface area contributed by atoms with E-state index in [0.29, 0.717) is 29.0 Å². The second-order valence-corrected chi connectivity index (χ2v) is 7.82. The van der Waals surface area contributed by atoms with Crippen LogP contribution in [0.1, 0.15) is 28.9 Å². The first-order valence-corrected chi connectivity index (χ1v) is 10.4. The molecule has 1 fully saturated rings.